The van der Waals surface area contributed by atoms with E-state index in [0.29, 0.717) is 46.6 Å². The molecule has 2 aromatic carbocycles. The SMILES string of the molecule is COc1ccc2c(O[C@@H]3C[C@H]4C(=O)N[C@]5(C(=O)O)CC5/C=C\CCCCC[C@H](NC(=O)N[C@H](CN(C)S(=O)(=O)c5ccccc5)C(C)(C)C)C(=O)N4C3)cc(-c3csc(NC(C)C)n3)nc2c1. The molecule has 0 bridgehead atoms. The molecule has 0 radical (unpaired) electrons. The van der Waals surface area contributed by atoms with Crippen LogP contribution in [0.4, 0.5) is 9.93 Å². The van der Waals surface area contributed by atoms with E-state index in [1.807, 2.05) is 58.2 Å². The van der Waals surface area contributed by atoms with E-state index in [1.165, 1.54) is 39.7 Å². The molecule has 1 saturated heterocycles. The van der Waals surface area contributed by atoms with Crippen molar-refractivity contribution in [2.24, 2.45) is 11.3 Å². The number of fused-ring (bicyclic) bond motifs is 3. The molecule has 7 rings (SSSR count). The van der Waals surface area contributed by atoms with E-state index in [2.05, 4.69) is 21.3 Å². The molecule has 2 aromatic heterocycles. The van der Waals surface area contributed by atoms with Crippen molar-refractivity contribution in [2.45, 2.75) is 120 Å². The molecule has 0 spiro atoms. The number of rotatable bonds is 13. The van der Waals surface area contributed by atoms with Crippen LogP contribution in [-0.4, -0.2) is 120 Å². The van der Waals surface area contributed by atoms with Crippen molar-refractivity contribution < 1.29 is 42.2 Å². The van der Waals surface area contributed by atoms with Crippen molar-refractivity contribution in [2.75, 3.05) is 32.6 Å². The Kier molecular flexibility index (Phi) is 14.8. The Morgan fingerprint density at radius 1 is 1.06 bits per heavy atom. The third-order valence-corrected chi connectivity index (χ3v) is 15.2. The Hall–Kier alpha value is -5.79. The van der Waals surface area contributed by atoms with Gasteiger partial charge in [-0.2, -0.15) is 4.31 Å². The number of carboxylic acid groups (broad SMARTS) is 1. The average Bonchev–Trinajstić information content (AvgIpc) is 3.54. The number of allylic oxidation sites excluding steroid dienone is 1. The summed E-state index contributed by atoms with van der Waals surface area (Å²) in [5.41, 5.74) is -0.407. The molecule has 1 unspecified atom stereocenters. The normalized spacial score (nSPS) is 23.6. The Bertz CT molecular complexity index is 2600. The monoisotopic (exact) mass is 958 g/mol. The summed E-state index contributed by atoms with van der Waals surface area (Å²) in [6.07, 6.45) is 6.28. The number of ether oxygens (including phenoxy) is 2. The maximum atomic E-state index is 15.0. The Labute approximate surface area is 396 Å². The van der Waals surface area contributed by atoms with E-state index < -0.39 is 74.9 Å². The summed E-state index contributed by atoms with van der Waals surface area (Å²) in [4.78, 5) is 67.5. The van der Waals surface area contributed by atoms with Gasteiger partial charge >= 0.3 is 12.0 Å². The molecule has 2 aliphatic heterocycles. The second kappa shape index (κ2) is 20.2. The van der Waals surface area contributed by atoms with Crippen LogP contribution in [0.25, 0.3) is 22.3 Å². The molecular weight excluding hydrogens is 897 g/mol. The van der Waals surface area contributed by atoms with Crippen LogP contribution in [0.1, 0.15) is 79.6 Å². The highest BCUT2D eigenvalue weighted by Crippen LogP contribution is 2.46. The van der Waals surface area contributed by atoms with Crippen LogP contribution in [0.5, 0.6) is 11.5 Å². The van der Waals surface area contributed by atoms with E-state index in [1.54, 1.807) is 43.5 Å². The van der Waals surface area contributed by atoms with Crippen LogP contribution in [0.15, 0.2) is 77.0 Å². The van der Waals surface area contributed by atoms with Crippen molar-refractivity contribution >= 4 is 61.2 Å². The van der Waals surface area contributed by atoms with Crippen molar-refractivity contribution in [3.8, 4) is 22.9 Å². The number of aromatic nitrogens is 2. The van der Waals surface area contributed by atoms with E-state index >= 15 is 0 Å². The highest BCUT2D eigenvalue weighted by atomic mass is 32.2. The number of hydrogen-bond donors (Lipinski definition) is 5. The second-order valence-electron chi connectivity index (χ2n) is 19.0. The maximum Gasteiger partial charge on any atom is 0.330 e. The number of anilines is 1. The third-order valence-electron chi connectivity index (χ3n) is 12.6. The van der Waals surface area contributed by atoms with E-state index in [-0.39, 0.29) is 43.3 Å². The number of nitrogens with one attached hydrogen (secondary N) is 4. The lowest BCUT2D eigenvalue weighted by Crippen LogP contribution is -2.59. The zero-order valence-corrected chi connectivity index (χ0v) is 40.7. The highest BCUT2D eigenvalue weighted by Gasteiger charge is 2.61. The van der Waals surface area contributed by atoms with Gasteiger partial charge in [-0.25, -0.2) is 28.0 Å². The molecule has 360 valence electrons. The minimum Gasteiger partial charge on any atom is -0.497 e. The number of aliphatic carboxylic acids is 1. The van der Waals surface area contributed by atoms with Crippen molar-refractivity contribution in [3.05, 3.63) is 72.1 Å². The average molecular weight is 959 g/mol. The van der Waals surface area contributed by atoms with E-state index in [4.69, 9.17) is 19.4 Å². The fourth-order valence-corrected chi connectivity index (χ4v) is 10.6. The molecule has 67 heavy (non-hydrogen) atoms. The summed E-state index contributed by atoms with van der Waals surface area (Å²) < 4.78 is 40.5. The first-order valence-electron chi connectivity index (χ1n) is 22.8. The molecular formula is C48H62N8O9S2. The number of pyridine rings is 1. The van der Waals surface area contributed by atoms with E-state index in [0.717, 1.165) is 18.0 Å². The Morgan fingerprint density at radius 2 is 1.82 bits per heavy atom. The number of carbonyl (C=O) groups is 4. The van der Waals surface area contributed by atoms with Crippen molar-refractivity contribution in [1.82, 2.24) is 35.1 Å². The standard InChI is InChI=1S/C48H62N8O9S2/c1-29(2)49-46-52-38(28-66-46)37-24-40(34-21-20-31(64-7)22-36(34)50-37)65-32-23-39-42(57)54-48(44(59)60)25-30(48)16-12-9-8-10-15-19-35(43(58)56(39)26-32)51-45(61)53-41(47(3,4)5)27-55(6)67(62,63)33-17-13-11-14-18-33/h11-14,16-18,20-22,24,28-30,32,35,39,41H,8-10,15,19,23,25-27H2,1-7H3,(H,49,52)(H,54,57)(H,59,60)(H2,51,53,61)/b16-12-/t30?,32-,35+,39+,41-,48-/m1/s1. The van der Waals surface area contributed by atoms with Gasteiger partial charge in [0.05, 0.1) is 29.8 Å². The van der Waals surface area contributed by atoms with Gasteiger partial charge in [-0.15, -0.1) is 11.3 Å². The van der Waals surface area contributed by atoms with Crippen LogP contribution in [0.2, 0.25) is 0 Å². The lowest BCUT2D eigenvalue weighted by molar-refractivity contribution is -0.145. The number of sulfonamides is 1. The summed E-state index contributed by atoms with van der Waals surface area (Å²) >= 11 is 1.45. The number of hydrogen-bond acceptors (Lipinski definition) is 12. The first-order chi connectivity index (χ1) is 31.8. The quantitative estimate of drug-likeness (QED) is 0.0917. The fraction of sp³-hybridized carbons (Fsp3) is 0.500. The molecule has 6 atom stereocenters. The first-order valence-corrected chi connectivity index (χ1v) is 25.1. The number of methoxy groups -OCH3 is 1. The number of benzene rings is 2. The van der Waals surface area contributed by atoms with E-state index in [9.17, 15) is 32.7 Å². The van der Waals surface area contributed by atoms with Gasteiger partial charge in [0.25, 0.3) is 0 Å². The van der Waals surface area contributed by atoms with Gasteiger partial charge in [0.15, 0.2) is 5.13 Å². The summed E-state index contributed by atoms with van der Waals surface area (Å²) in [6, 6.07) is 11.8. The number of thiazole rings is 1. The van der Waals surface area contributed by atoms with Crippen LogP contribution < -0.4 is 30.7 Å². The summed E-state index contributed by atoms with van der Waals surface area (Å²) in [5.74, 6) is -1.71. The lowest BCUT2D eigenvalue weighted by atomic mass is 9.87. The van der Waals surface area contributed by atoms with Gasteiger partial charge in [-0.05, 0) is 69.2 Å². The van der Waals surface area contributed by atoms with Crippen LogP contribution in [0.3, 0.4) is 0 Å². The van der Waals surface area contributed by atoms with Gasteiger partial charge in [0.2, 0.25) is 21.8 Å². The smallest absolute Gasteiger partial charge is 0.330 e. The number of amides is 4. The molecule has 2 fully saturated rings. The van der Waals surface area contributed by atoms with Gasteiger partial charge in [0, 0.05) is 60.9 Å². The molecule has 3 aliphatic rings. The Balaban J connectivity index is 1.18. The Morgan fingerprint density at radius 3 is 2.52 bits per heavy atom. The zero-order valence-electron chi connectivity index (χ0n) is 39.1. The minimum absolute atomic E-state index is 0.0233. The van der Waals surface area contributed by atoms with Gasteiger partial charge in [0.1, 0.15) is 40.9 Å². The predicted octanol–water partition coefficient (Wildman–Crippen LogP) is 6.42. The first kappa shape index (κ1) is 49.1. The molecule has 19 heteroatoms. The number of likely N-dealkylation sites (N-methyl/N-ethyl adjacent to an activating group) is 1. The van der Waals surface area contributed by atoms with Crippen molar-refractivity contribution in [1.29, 1.82) is 0 Å². The maximum absolute atomic E-state index is 15.0. The minimum atomic E-state index is -3.89. The summed E-state index contributed by atoms with van der Waals surface area (Å²) in [6.45, 7) is 9.59. The summed E-state index contributed by atoms with van der Waals surface area (Å²) in [7, 11) is -0.866. The van der Waals surface area contributed by atoms with Crippen LogP contribution in [-0.2, 0) is 24.4 Å². The number of carboxylic acids is 1. The molecule has 5 N–H and O–H groups in total. The van der Waals surface area contributed by atoms with Gasteiger partial charge < -0.3 is 40.7 Å². The molecule has 17 nitrogen and oxygen atoms in total. The zero-order chi connectivity index (χ0) is 48.3. The van der Waals surface area contributed by atoms with Crippen LogP contribution >= 0.6 is 11.3 Å². The molecule has 1 saturated carbocycles. The number of carbonyl (C=O) groups excluding carboxylic acids is 3. The topological polar surface area (TPSA) is 221 Å². The highest BCUT2D eigenvalue weighted by molar-refractivity contribution is 7.89. The third kappa shape index (κ3) is 11.3. The lowest BCUT2D eigenvalue weighted by Gasteiger charge is -2.35. The van der Waals surface area contributed by atoms with Gasteiger partial charge in [-0.3, -0.25) is 9.59 Å². The predicted molar refractivity (Wildman–Crippen MR) is 256 cm³/mol. The summed E-state index contributed by atoms with van der Waals surface area (Å²) in [5, 5.41) is 25.7. The number of urea groups is 1. The van der Waals surface area contributed by atoms with Gasteiger partial charge in [-0.1, -0.05) is 64.0 Å². The van der Waals surface area contributed by atoms with Crippen molar-refractivity contribution in [3.63, 3.8) is 0 Å². The number of nitrogens with zero attached hydrogens (tertiary/aromatic N) is 4. The molecule has 1 aliphatic carbocycles. The largest absolute Gasteiger partial charge is 0.497 e. The molecule has 4 heterocycles. The fourth-order valence-electron chi connectivity index (χ4n) is 8.58. The molecule has 4 amide bonds. The molecule has 4 aromatic rings. The second-order valence-corrected chi connectivity index (χ2v) is 21.9. The van der Waals surface area contributed by atoms with Crippen LogP contribution in [0, 0.1) is 11.3 Å².